The average molecular weight is 414 g/mol. The number of hydrogen-bond acceptors (Lipinski definition) is 4. The molecule has 6 nitrogen and oxygen atoms in total. The summed E-state index contributed by atoms with van der Waals surface area (Å²) in [6.45, 7) is 0.805. The second-order valence-electron chi connectivity index (χ2n) is 5.96. The van der Waals surface area contributed by atoms with Gasteiger partial charge < -0.3 is 5.32 Å². The standard InChI is InChI=1S/C18H17F3N2O4S/c1-12(24)13-3-9-16(10-4-13)28(26,27)23(2)11-17(25)22-15-7-5-14(6-8-15)18(19,20)21/h3-10H,11H2,1-2H3,(H,22,25). The SMILES string of the molecule is CC(=O)c1ccc(S(=O)(=O)N(C)CC(=O)Nc2ccc(C(F)(F)F)cc2)cc1. The molecular weight excluding hydrogens is 397 g/mol. The zero-order valence-electron chi connectivity index (χ0n) is 14.9. The van der Waals surface area contributed by atoms with Gasteiger partial charge in [-0.3, -0.25) is 9.59 Å². The van der Waals surface area contributed by atoms with E-state index in [0.29, 0.717) is 5.56 Å². The Bertz CT molecular complexity index is 969. The second kappa shape index (κ2) is 8.11. The van der Waals surface area contributed by atoms with Crippen molar-refractivity contribution >= 4 is 27.4 Å². The molecule has 0 saturated carbocycles. The van der Waals surface area contributed by atoms with E-state index in [0.717, 1.165) is 28.6 Å². The van der Waals surface area contributed by atoms with Gasteiger partial charge in [0.25, 0.3) is 0 Å². The summed E-state index contributed by atoms with van der Waals surface area (Å²) >= 11 is 0. The first-order valence-corrected chi connectivity index (χ1v) is 9.40. The molecular formula is C18H17F3N2O4S. The van der Waals surface area contributed by atoms with Gasteiger partial charge in [-0.25, -0.2) is 8.42 Å². The number of likely N-dealkylation sites (N-methyl/N-ethyl adjacent to an activating group) is 1. The van der Waals surface area contributed by atoms with E-state index in [1.807, 2.05) is 0 Å². The number of nitrogens with one attached hydrogen (secondary N) is 1. The van der Waals surface area contributed by atoms with E-state index in [-0.39, 0.29) is 16.4 Å². The molecule has 28 heavy (non-hydrogen) atoms. The first-order chi connectivity index (χ1) is 12.9. The number of amides is 1. The molecule has 150 valence electrons. The van der Waals surface area contributed by atoms with Crippen LogP contribution in [0.25, 0.3) is 0 Å². The van der Waals surface area contributed by atoms with Gasteiger partial charge in [0, 0.05) is 18.3 Å². The molecule has 0 aliphatic heterocycles. The van der Waals surface area contributed by atoms with E-state index in [1.165, 1.54) is 38.2 Å². The molecule has 0 saturated heterocycles. The summed E-state index contributed by atoms with van der Waals surface area (Å²) in [5.74, 6) is -0.931. The van der Waals surface area contributed by atoms with Crippen LogP contribution < -0.4 is 5.32 Å². The third-order valence-electron chi connectivity index (χ3n) is 3.83. The topological polar surface area (TPSA) is 83.6 Å². The molecule has 0 fully saturated rings. The highest BCUT2D eigenvalue weighted by atomic mass is 32.2. The number of hydrogen-bond donors (Lipinski definition) is 1. The lowest BCUT2D eigenvalue weighted by molar-refractivity contribution is -0.137. The molecule has 0 bridgehead atoms. The Labute approximate surface area is 160 Å². The van der Waals surface area contributed by atoms with Gasteiger partial charge in [0.1, 0.15) is 0 Å². The van der Waals surface area contributed by atoms with Crippen molar-refractivity contribution in [3.63, 3.8) is 0 Å². The molecule has 1 amide bonds. The molecule has 1 N–H and O–H groups in total. The molecule has 0 atom stereocenters. The lowest BCUT2D eigenvalue weighted by atomic mass is 10.2. The molecule has 0 aliphatic rings. The van der Waals surface area contributed by atoms with Crippen molar-refractivity contribution in [1.29, 1.82) is 0 Å². The highest BCUT2D eigenvalue weighted by Crippen LogP contribution is 2.29. The van der Waals surface area contributed by atoms with Gasteiger partial charge in [0.15, 0.2) is 5.78 Å². The van der Waals surface area contributed by atoms with Crippen LogP contribution in [0.2, 0.25) is 0 Å². The number of carbonyl (C=O) groups is 2. The van der Waals surface area contributed by atoms with Crippen LogP contribution in [-0.4, -0.2) is 38.0 Å². The van der Waals surface area contributed by atoms with Crippen molar-refractivity contribution in [3.05, 3.63) is 59.7 Å². The van der Waals surface area contributed by atoms with Crippen molar-refractivity contribution in [2.75, 3.05) is 18.9 Å². The Kier molecular flexibility index (Phi) is 6.25. The molecule has 0 heterocycles. The maximum Gasteiger partial charge on any atom is 0.416 e. The summed E-state index contributed by atoms with van der Waals surface area (Å²) in [5.41, 5.74) is -0.407. The molecule has 0 unspecified atom stereocenters. The molecule has 0 aliphatic carbocycles. The predicted octanol–water partition coefficient (Wildman–Crippen LogP) is 3.17. The first kappa shape index (κ1) is 21.6. The van der Waals surface area contributed by atoms with Gasteiger partial charge in [-0.05, 0) is 43.3 Å². The summed E-state index contributed by atoms with van der Waals surface area (Å²) in [6.07, 6.45) is -4.49. The zero-order valence-corrected chi connectivity index (χ0v) is 15.8. The van der Waals surface area contributed by atoms with Gasteiger partial charge in [0.2, 0.25) is 15.9 Å². The normalized spacial score (nSPS) is 12.1. The molecule has 2 rings (SSSR count). The minimum Gasteiger partial charge on any atom is -0.325 e. The fraction of sp³-hybridized carbons (Fsp3) is 0.222. The van der Waals surface area contributed by atoms with E-state index in [1.54, 1.807) is 0 Å². The number of halogens is 3. The number of benzene rings is 2. The predicted molar refractivity (Wildman–Crippen MR) is 96.3 cm³/mol. The Morgan fingerprint density at radius 1 is 1.00 bits per heavy atom. The first-order valence-electron chi connectivity index (χ1n) is 7.95. The maximum atomic E-state index is 12.5. The van der Waals surface area contributed by atoms with E-state index in [9.17, 15) is 31.2 Å². The van der Waals surface area contributed by atoms with E-state index in [2.05, 4.69) is 5.32 Å². The Morgan fingerprint density at radius 3 is 2.00 bits per heavy atom. The summed E-state index contributed by atoms with van der Waals surface area (Å²) < 4.78 is 63.4. The number of nitrogens with zero attached hydrogens (tertiary/aromatic N) is 1. The van der Waals surface area contributed by atoms with Crippen LogP contribution in [0.4, 0.5) is 18.9 Å². The highest BCUT2D eigenvalue weighted by molar-refractivity contribution is 7.89. The van der Waals surface area contributed by atoms with Crippen molar-refractivity contribution < 1.29 is 31.2 Å². The van der Waals surface area contributed by atoms with Crippen LogP contribution in [-0.2, 0) is 21.0 Å². The lowest BCUT2D eigenvalue weighted by Crippen LogP contribution is -2.35. The van der Waals surface area contributed by atoms with Crippen molar-refractivity contribution in [2.45, 2.75) is 18.0 Å². The third-order valence-corrected chi connectivity index (χ3v) is 5.65. The third kappa shape index (κ3) is 5.17. The van der Waals surface area contributed by atoms with Gasteiger partial charge in [-0.15, -0.1) is 0 Å². The van der Waals surface area contributed by atoms with Crippen LogP contribution in [0, 0.1) is 0 Å². The number of ketones is 1. The van der Waals surface area contributed by atoms with E-state index >= 15 is 0 Å². The Balaban J connectivity index is 2.05. The monoisotopic (exact) mass is 414 g/mol. The van der Waals surface area contributed by atoms with E-state index < -0.39 is 34.2 Å². The van der Waals surface area contributed by atoms with Crippen molar-refractivity contribution in [2.24, 2.45) is 0 Å². The van der Waals surface area contributed by atoms with Crippen LogP contribution in [0.1, 0.15) is 22.8 Å². The highest BCUT2D eigenvalue weighted by Gasteiger charge is 2.30. The Hall–Kier alpha value is -2.72. The minimum absolute atomic E-state index is 0.0951. The molecule has 0 aromatic heterocycles. The molecule has 2 aromatic carbocycles. The van der Waals surface area contributed by atoms with Crippen LogP contribution >= 0.6 is 0 Å². The van der Waals surface area contributed by atoms with Gasteiger partial charge >= 0.3 is 6.18 Å². The lowest BCUT2D eigenvalue weighted by Gasteiger charge is -2.17. The Morgan fingerprint density at radius 2 is 1.54 bits per heavy atom. The molecule has 0 spiro atoms. The number of rotatable bonds is 6. The quantitative estimate of drug-likeness (QED) is 0.736. The minimum atomic E-state index is -4.49. The second-order valence-corrected chi connectivity index (χ2v) is 8.01. The summed E-state index contributed by atoms with van der Waals surface area (Å²) in [4.78, 5) is 23.2. The number of sulfonamides is 1. The van der Waals surface area contributed by atoms with Crippen LogP contribution in [0.5, 0.6) is 0 Å². The zero-order chi connectivity index (χ0) is 21.1. The molecule has 10 heteroatoms. The fourth-order valence-electron chi connectivity index (χ4n) is 2.27. The van der Waals surface area contributed by atoms with Gasteiger partial charge in [-0.2, -0.15) is 17.5 Å². The number of anilines is 1. The van der Waals surface area contributed by atoms with Gasteiger partial charge in [-0.1, -0.05) is 12.1 Å². The molecule has 0 radical (unpaired) electrons. The number of carbonyl (C=O) groups excluding carboxylic acids is 2. The smallest absolute Gasteiger partial charge is 0.325 e. The average Bonchev–Trinajstić information content (AvgIpc) is 2.61. The van der Waals surface area contributed by atoms with Crippen molar-refractivity contribution in [1.82, 2.24) is 4.31 Å². The summed E-state index contributed by atoms with van der Waals surface area (Å²) in [7, 11) is -2.79. The van der Waals surface area contributed by atoms with Crippen LogP contribution in [0.15, 0.2) is 53.4 Å². The largest absolute Gasteiger partial charge is 0.416 e. The van der Waals surface area contributed by atoms with Gasteiger partial charge in [0.05, 0.1) is 17.0 Å². The number of Topliss-reactive ketones (excluding diaryl/α,β-unsaturated/α-hetero) is 1. The molecule has 2 aromatic rings. The summed E-state index contributed by atoms with van der Waals surface area (Å²) in [5, 5.41) is 2.34. The summed E-state index contributed by atoms with van der Waals surface area (Å²) in [6, 6.07) is 9.04. The van der Waals surface area contributed by atoms with Crippen LogP contribution in [0.3, 0.4) is 0 Å². The number of alkyl halides is 3. The fourth-order valence-corrected chi connectivity index (χ4v) is 3.40. The maximum absolute atomic E-state index is 12.5. The van der Waals surface area contributed by atoms with Crippen molar-refractivity contribution in [3.8, 4) is 0 Å². The van der Waals surface area contributed by atoms with E-state index in [4.69, 9.17) is 0 Å².